The maximum absolute atomic E-state index is 14.3. The first-order valence-electron chi connectivity index (χ1n) is 11.5. The first-order chi connectivity index (χ1) is 15.6. The summed E-state index contributed by atoms with van der Waals surface area (Å²) in [4.78, 5) is 13.9. The zero-order chi connectivity index (χ0) is 22.1. The minimum atomic E-state index is -0.667. The van der Waals surface area contributed by atoms with Crippen LogP contribution in [0.4, 0.5) is 26.4 Å². The van der Waals surface area contributed by atoms with Gasteiger partial charge in [-0.3, -0.25) is 4.57 Å². The van der Waals surface area contributed by atoms with Gasteiger partial charge in [0.15, 0.2) is 5.65 Å². The van der Waals surface area contributed by atoms with Gasteiger partial charge in [-0.2, -0.15) is 4.98 Å². The lowest BCUT2D eigenvalue weighted by molar-refractivity contribution is 0.126. The van der Waals surface area contributed by atoms with Gasteiger partial charge in [-0.15, -0.1) is 0 Å². The second-order valence-corrected chi connectivity index (χ2v) is 8.90. The molecule has 1 aromatic carbocycles. The molecule has 0 radical (unpaired) electrons. The lowest BCUT2D eigenvalue weighted by Crippen LogP contribution is -2.29. The van der Waals surface area contributed by atoms with Crippen molar-refractivity contribution in [3.05, 3.63) is 36.0 Å². The summed E-state index contributed by atoms with van der Waals surface area (Å²) in [6, 6.07) is 3.90. The van der Waals surface area contributed by atoms with Gasteiger partial charge in [0.05, 0.1) is 18.0 Å². The maximum Gasteiger partial charge on any atom is 0.224 e. The van der Waals surface area contributed by atoms with Crippen LogP contribution in [-0.2, 0) is 0 Å². The molecule has 0 bridgehead atoms. The standard InChI is InChI=1S/C23H28F2N6O/c24-14-6-11-19(18(25)12-14)28-23-29-20-13-26-22(27-15-7-9-17(32)10-8-15)30-21(20)31(23)16-4-2-1-3-5-16/h6,11-13,15-17,32H,1-5,7-10H2,(H,28,29)(H,26,27,30)/t15-,17-. The number of aromatic nitrogens is 4. The van der Waals surface area contributed by atoms with E-state index in [1.54, 1.807) is 6.20 Å². The van der Waals surface area contributed by atoms with E-state index in [-0.39, 0.29) is 23.9 Å². The summed E-state index contributed by atoms with van der Waals surface area (Å²) < 4.78 is 29.7. The number of aliphatic hydroxyl groups is 1. The maximum atomic E-state index is 14.3. The third-order valence-corrected chi connectivity index (χ3v) is 6.58. The van der Waals surface area contributed by atoms with E-state index in [9.17, 15) is 13.9 Å². The van der Waals surface area contributed by atoms with E-state index in [1.165, 1.54) is 18.6 Å². The van der Waals surface area contributed by atoms with Gasteiger partial charge in [-0.05, 0) is 50.7 Å². The van der Waals surface area contributed by atoms with Crippen molar-refractivity contribution < 1.29 is 13.9 Å². The average molecular weight is 443 g/mol. The largest absolute Gasteiger partial charge is 0.393 e. The number of hydrogen-bond acceptors (Lipinski definition) is 6. The Balaban J connectivity index is 1.49. The molecule has 0 atom stereocenters. The molecule has 9 heteroatoms. The van der Waals surface area contributed by atoms with Gasteiger partial charge in [0.25, 0.3) is 0 Å². The van der Waals surface area contributed by atoms with Crippen LogP contribution < -0.4 is 10.6 Å². The van der Waals surface area contributed by atoms with Gasteiger partial charge in [0.2, 0.25) is 11.9 Å². The van der Waals surface area contributed by atoms with Crippen LogP contribution in [0.25, 0.3) is 11.2 Å². The van der Waals surface area contributed by atoms with Crippen LogP contribution in [0.15, 0.2) is 24.4 Å². The van der Waals surface area contributed by atoms with E-state index in [2.05, 4.69) is 25.2 Å². The highest BCUT2D eigenvalue weighted by Crippen LogP contribution is 2.35. The molecular formula is C23H28F2N6O. The van der Waals surface area contributed by atoms with Crippen LogP contribution in [0.3, 0.4) is 0 Å². The summed E-state index contributed by atoms with van der Waals surface area (Å²) in [5.41, 5.74) is 1.51. The molecule has 32 heavy (non-hydrogen) atoms. The van der Waals surface area contributed by atoms with E-state index in [0.717, 1.165) is 57.4 Å². The predicted octanol–water partition coefficient (Wildman–Crippen LogP) is 5.07. The van der Waals surface area contributed by atoms with Gasteiger partial charge in [-0.1, -0.05) is 19.3 Å². The third kappa shape index (κ3) is 4.39. The van der Waals surface area contributed by atoms with Crippen molar-refractivity contribution in [2.45, 2.75) is 76.0 Å². The van der Waals surface area contributed by atoms with Gasteiger partial charge in [0.1, 0.15) is 17.2 Å². The molecule has 3 N–H and O–H groups in total. The van der Waals surface area contributed by atoms with Crippen LogP contribution in [0.5, 0.6) is 0 Å². The van der Waals surface area contributed by atoms with Crippen LogP contribution in [0.1, 0.15) is 63.8 Å². The SMILES string of the molecule is O[C@H]1CC[C@H](Nc2ncc3nc(Nc4ccc(F)cc4F)n(C4CCCCC4)c3n2)CC1. The van der Waals surface area contributed by atoms with Gasteiger partial charge >= 0.3 is 0 Å². The Morgan fingerprint density at radius 1 is 0.969 bits per heavy atom. The second-order valence-electron chi connectivity index (χ2n) is 8.90. The minimum absolute atomic E-state index is 0.172. The van der Waals surface area contributed by atoms with Gasteiger partial charge in [-0.25, -0.2) is 18.7 Å². The topological polar surface area (TPSA) is 87.9 Å². The van der Waals surface area contributed by atoms with E-state index < -0.39 is 11.6 Å². The van der Waals surface area contributed by atoms with E-state index >= 15 is 0 Å². The molecule has 5 rings (SSSR count). The Kier molecular flexibility index (Phi) is 5.91. The molecule has 2 aliphatic rings. The molecule has 7 nitrogen and oxygen atoms in total. The van der Waals surface area contributed by atoms with Crippen LogP contribution >= 0.6 is 0 Å². The Bertz CT molecular complexity index is 1090. The number of aliphatic hydroxyl groups excluding tert-OH is 1. The van der Waals surface area contributed by atoms with Crippen molar-refractivity contribution in [2.24, 2.45) is 0 Å². The van der Waals surface area contributed by atoms with E-state index in [0.29, 0.717) is 23.1 Å². The van der Waals surface area contributed by atoms with Crippen LogP contribution in [-0.4, -0.2) is 36.8 Å². The average Bonchev–Trinajstić information content (AvgIpc) is 3.15. The molecule has 0 amide bonds. The first kappa shape index (κ1) is 21.1. The molecule has 170 valence electrons. The molecule has 2 heterocycles. The number of nitrogens with zero attached hydrogens (tertiary/aromatic N) is 4. The number of rotatable bonds is 5. The minimum Gasteiger partial charge on any atom is -0.393 e. The molecular weight excluding hydrogens is 414 g/mol. The number of hydrogen-bond donors (Lipinski definition) is 3. The molecule has 3 aromatic rings. The van der Waals surface area contributed by atoms with E-state index in [1.807, 2.05) is 0 Å². The Hall–Kier alpha value is -2.81. The molecule has 2 aliphatic carbocycles. The number of imidazole rings is 1. The van der Waals surface area contributed by atoms with Crippen molar-refractivity contribution in [3.63, 3.8) is 0 Å². The quantitative estimate of drug-likeness (QED) is 0.511. The number of nitrogens with one attached hydrogen (secondary N) is 2. The van der Waals surface area contributed by atoms with Crippen molar-refractivity contribution in [3.8, 4) is 0 Å². The molecule has 2 saturated carbocycles. The summed E-state index contributed by atoms with van der Waals surface area (Å²) in [7, 11) is 0. The highest BCUT2D eigenvalue weighted by atomic mass is 19.1. The van der Waals surface area contributed by atoms with Gasteiger partial charge in [0, 0.05) is 18.2 Å². The Labute approximate surface area is 185 Å². The Morgan fingerprint density at radius 2 is 1.75 bits per heavy atom. The second kappa shape index (κ2) is 8.97. The van der Waals surface area contributed by atoms with Crippen molar-refractivity contribution in [2.75, 3.05) is 10.6 Å². The van der Waals surface area contributed by atoms with E-state index in [4.69, 9.17) is 4.98 Å². The summed E-state index contributed by atoms with van der Waals surface area (Å²) in [6.45, 7) is 0. The predicted molar refractivity (Wildman–Crippen MR) is 119 cm³/mol. The third-order valence-electron chi connectivity index (χ3n) is 6.58. The number of fused-ring (bicyclic) bond motifs is 1. The normalized spacial score (nSPS) is 22.2. The molecule has 0 spiro atoms. The highest BCUT2D eigenvalue weighted by molar-refractivity contribution is 5.76. The summed E-state index contributed by atoms with van der Waals surface area (Å²) in [5.74, 6) is -0.258. The van der Waals surface area contributed by atoms with Crippen molar-refractivity contribution in [1.82, 2.24) is 19.5 Å². The monoisotopic (exact) mass is 442 g/mol. The summed E-state index contributed by atoms with van der Waals surface area (Å²) >= 11 is 0. The summed E-state index contributed by atoms with van der Waals surface area (Å²) in [6.07, 6.45) is 10.2. The van der Waals surface area contributed by atoms with Gasteiger partial charge < -0.3 is 15.7 Å². The lowest BCUT2D eigenvalue weighted by atomic mass is 9.93. The Morgan fingerprint density at radius 3 is 2.50 bits per heavy atom. The fourth-order valence-electron chi connectivity index (χ4n) is 4.85. The molecule has 0 unspecified atom stereocenters. The number of halogens is 2. The zero-order valence-electron chi connectivity index (χ0n) is 17.9. The summed E-state index contributed by atoms with van der Waals surface area (Å²) in [5, 5.41) is 16.2. The fraction of sp³-hybridized carbons (Fsp3) is 0.522. The van der Waals surface area contributed by atoms with Crippen LogP contribution in [0, 0.1) is 11.6 Å². The van der Waals surface area contributed by atoms with Crippen molar-refractivity contribution in [1.29, 1.82) is 0 Å². The van der Waals surface area contributed by atoms with Crippen LogP contribution in [0.2, 0.25) is 0 Å². The molecule has 0 saturated heterocycles. The smallest absolute Gasteiger partial charge is 0.224 e. The number of anilines is 3. The highest BCUT2D eigenvalue weighted by Gasteiger charge is 2.25. The zero-order valence-corrected chi connectivity index (χ0v) is 17.9. The van der Waals surface area contributed by atoms with Crippen molar-refractivity contribution >= 4 is 28.7 Å². The first-order valence-corrected chi connectivity index (χ1v) is 11.5. The fourth-order valence-corrected chi connectivity index (χ4v) is 4.85. The molecule has 0 aliphatic heterocycles. The molecule has 2 aromatic heterocycles. The number of benzene rings is 1. The molecule has 2 fully saturated rings. The lowest BCUT2D eigenvalue weighted by Gasteiger charge is -2.26.